The van der Waals surface area contributed by atoms with Crippen molar-refractivity contribution in [2.75, 3.05) is 0 Å². The Morgan fingerprint density at radius 1 is 0.882 bits per heavy atom. The maximum atomic E-state index is 12.8. The van der Waals surface area contributed by atoms with Crippen LogP contribution in [0.25, 0.3) is 11.1 Å². The van der Waals surface area contributed by atoms with Crippen molar-refractivity contribution in [3.8, 4) is 11.1 Å². The minimum Gasteiger partial charge on any atom is -0.478 e. The van der Waals surface area contributed by atoms with Gasteiger partial charge in [-0.05, 0) is 34.7 Å². The summed E-state index contributed by atoms with van der Waals surface area (Å²) in [6.07, 6.45) is 2.78. The smallest absolute Gasteiger partial charge is 0.336 e. The van der Waals surface area contributed by atoms with Gasteiger partial charge >= 0.3 is 5.97 Å². The van der Waals surface area contributed by atoms with Crippen LogP contribution < -0.4 is 0 Å². The molecule has 3 aromatic carbocycles. The minimum atomic E-state index is -0.948. The third kappa shape index (κ3) is 5.46. The van der Waals surface area contributed by atoms with Crippen molar-refractivity contribution in [2.24, 2.45) is 0 Å². The van der Waals surface area contributed by atoms with E-state index in [1.165, 1.54) is 0 Å². The van der Waals surface area contributed by atoms with Crippen LogP contribution in [-0.4, -0.2) is 31.6 Å². The molecule has 1 heterocycles. The Kier molecular flexibility index (Phi) is 7.28. The number of carbonyl (C=O) groups is 2. The topological polar surface area (TPSA) is 85.1 Å². The van der Waals surface area contributed by atoms with E-state index in [2.05, 4.69) is 17.0 Å². The highest BCUT2D eigenvalue weighted by atomic mass is 16.4. The first kappa shape index (κ1) is 23.1. The molecule has 0 bridgehead atoms. The molecule has 0 saturated heterocycles. The number of aryl methyl sites for hydroxylation is 1. The molecule has 0 spiro atoms. The number of benzene rings is 3. The van der Waals surface area contributed by atoms with E-state index in [9.17, 15) is 14.7 Å². The van der Waals surface area contributed by atoms with Gasteiger partial charge in [-0.1, -0.05) is 86.1 Å². The third-order valence-electron chi connectivity index (χ3n) is 5.71. The molecule has 6 nitrogen and oxygen atoms in total. The standard InChI is InChI=1S/C28H27N3O3/c1-2-3-17-31-26(29-27(30-31)25(32)18-20-9-5-4-6-10-20)19-21-13-15-22(16-14-21)23-11-7-8-12-24(23)28(33)34/h4-16H,2-3,17-19H2,1H3,(H,33,34). The van der Waals surface area contributed by atoms with Gasteiger partial charge in [-0.3, -0.25) is 4.79 Å². The lowest BCUT2D eigenvalue weighted by Crippen LogP contribution is -2.08. The fourth-order valence-corrected chi connectivity index (χ4v) is 3.88. The molecule has 0 aliphatic rings. The largest absolute Gasteiger partial charge is 0.478 e. The van der Waals surface area contributed by atoms with Gasteiger partial charge in [0, 0.05) is 19.4 Å². The first-order chi connectivity index (χ1) is 16.5. The summed E-state index contributed by atoms with van der Waals surface area (Å²) in [5, 5.41) is 14.0. The van der Waals surface area contributed by atoms with Crippen LogP contribution in [0, 0.1) is 0 Å². The summed E-state index contributed by atoms with van der Waals surface area (Å²) >= 11 is 0. The van der Waals surface area contributed by atoms with Crippen LogP contribution in [0.4, 0.5) is 0 Å². The van der Waals surface area contributed by atoms with Crippen molar-refractivity contribution in [1.82, 2.24) is 14.8 Å². The molecule has 172 valence electrons. The van der Waals surface area contributed by atoms with Gasteiger partial charge in [0.15, 0.2) is 0 Å². The zero-order chi connectivity index (χ0) is 23.9. The number of rotatable bonds is 10. The molecule has 4 rings (SSSR count). The van der Waals surface area contributed by atoms with Crippen molar-refractivity contribution in [2.45, 2.75) is 39.2 Å². The highest BCUT2D eigenvalue weighted by molar-refractivity contribution is 5.96. The Morgan fingerprint density at radius 2 is 1.59 bits per heavy atom. The SMILES string of the molecule is CCCCn1nc(C(=O)Cc2ccccc2)nc1Cc1ccc(-c2ccccc2C(=O)O)cc1. The molecular weight excluding hydrogens is 426 g/mol. The molecule has 0 radical (unpaired) electrons. The van der Waals surface area contributed by atoms with E-state index in [1.54, 1.807) is 12.1 Å². The second kappa shape index (κ2) is 10.7. The molecule has 0 unspecified atom stereocenters. The quantitative estimate of drug-likeness (QED) is 0.322. The highest BCUT2D eigenvalue weighted by Crippen LogP contribution is 2.24. The van der Waals surface area contributed by atoms with Crippen molar-refractivity contribution >= 4 is 11.8 Å². The average Bonchev–Trinajstić information content (AvgIpc) is 3.26. The number of hydrogen-bond donors (Lipinski definition) is 1. The van der Waals surface area contributed by atoms with Crippen molar-refractivity contribution < 1.29 is 14.7 Å². The van der Waals surface area contributed by atoms with E-state index < -0.39 is 5.97 Å². The average molecular weight is 454 g/mol. The summed E-state index contributed by atoms with van der Waals surface area (Å²) in [6.45, 7) is 2.83. The molecule has 34 heavy (non-hydrogen) atoms. The van der Waals surface area contributed by atoms with Gasteiger partial charge in [0.25, 0.3) is 0 Å². The lowest BCUT2D eigenvalue weighted by molar-refractivity contribution is 0.0697. The Morgan fingerprint density at radius 3 is 2.29 bits per heavy atom. The molecule has 0 atom stereocenters. The number of unbranched alkanes of at least 4 members (excludes halogenated alkanes) is 1. The second-order valence-electron chi connectivity index (χ2n) is 8.24. The van der Waals surface area contributed by atoms with Crippen molar-refractivity contribution in [1.29, 1.82) is 0 Å². The Labute approximate surface area is 198 Å². The first-order valence-corrected chi connectivity index (χ1v) is 11.5. The molecule has 0 saturated carbocycles. The maximum Gasteiger partial charge on any atom is 0.336 e. The van der Waals surface area contributed by atoms with Gasteiger partial charge in [0.05, 0.1) is 5.56 Å². The summed E-state index contributed by atoms with van der Waals surface area (Å²) in [4.78, 5) is 29.0. The summed E-state index contributed by atoms with van der Waals surface area (Å²) in [7, 11) is 0. The van der Waals surface area contributed by atoms with E-state index >= 15 is 0 Å². The van der Waals surface area contributed by atoms with Crippen LogP contribution in [0.5, 0.6) is 0 Å². The number of ketones is 1. The zero-order valence-electron chi connectivity index (χ0n) is 19.1. The molecule has 1 aromatic heterocycles. The first-order valence-electron chi connectivity index (χ1n) is 11.5. The van der Waals surface area contributed by atoms with Crippen molar-refractivity contribution in [3.63, 3.8) is 0 Å². The normalized spacial score (nSPS) is 10.9. The number of carbonyl (C=O) groups excluding carboxylic acids is 1. The summed E-state index contributed by atoms with van der Waals surface area (Å²) in [5.74, 6) is -0.0368. The van der Waals surface area contributed by atoms with Crippen LogP contribution in [0.15, 0.2) is 78.9 Å². The summed E-state index contributed by atoms with van der Waals surface area (Å²) in [6, 6.07) is 24.4. The predicted molar refractivity (Wildman–Crippen MR) is 131 cm³/mol. The van der Waals surface area contributed by atoms with E-state index in [-0.39, 0.29) is 23.6 Å². The van der Waals surface area contributed by atoms with Crippen molar-refractivity contribution in [3.05, 3.63) is 107 Å². The summed E-state index contributed by atoms with van der Waals surface area (Å²) < 4.78 is 1.84. The Bertz CT molecular complexity index is 1280. The summed E-state index contributed by atoms with van der Waals surface area (Å²) in [5.41, 5.74) is 3.76. The van der Waals surface area contributed by atoms with Gasteiger partial charge in [-0.2, -0.15) is 0 Å². The number of hydrogen-bond acceptors (Lipinski definition) is 4. The van der Waals surface area contributed by atoms with E-state index in [0.29, 0.717) is 18.5 Å². The lowest BCUT2D eigenvalue weighted by Gasteiger charge is -2.08. The Hall–Kier alpha value is -4.06. The Balaban J connectivity index is 1.55. The van der Waals surface area contributed by atoms with Crippen LogP contribution in [0.2, 0.25) is 0 Å². The van der Waals surface area contributed by atoms with E-state index in [0.717, 1.165) is 35.4 Å². The second-order valence-corrected chi connectivity index (χ2v) is 8.24. The van der Waals surface area contributed by atoms with E-state index in [1.807, 2.05) is 71.4 Å². The third-order valence-corrected chi connectivity index (χ3v) is 5.71. The number of carboxylic acids is 1. The molecule has 6 heteroatoms. The number of nitrogens with zero attached hydrogens (tertiary/aromatic N) is 3. The number of aromatic carboxylic acids is 1. The lowest BCUT2D eigenvalue weighted by atomic mass is 9.98. The van der Waals surface area contributed by atoms with Gasteiger partial charge in [-0.25, -0.2) is 14.5 Å². The predicted octanol–water partition coefficient (Wildman–Crippen LogP) is 5.46. The van der Waals surface area contributed by atoms with Crippen LogP contribution in [-0.2, 0) is 19.4 Å². The zero-order valence-corrected chi connectivity index (χ0v) is 19.1. The monoisotopic (exact) mass is 453 g/mol. The van der Waals surface area contributed by atoms with Crippen LogP contribution in [0.1, 0.15) is 57.7 Å². The molecule has 1 N–H and O–H groups in total. The van der Waals surface area contributed by atoms with Crippen LogP contribution in [0.3, 0.4) is 0 Å². The molecular formula is C28H27N3O3. The highest BCUT2D eigenvalue weighted by Gasteiger charge is 2.17. The van der Waals surface area contributed by atoms with Gasteiger partial charge in [0.2, 0.25) is 11.6 Å². The molecule has 0 fully saturated rings. The van der Waals surface area contributed by atoms with Gasteiger partial charge < -0.3 is 5.11 Å². The van der Waals surface area contributed by atoms with Crippen LogP contribution >= 0.6 is 0 Å². The number of carboxylic acid groups (broad SMARTS) is 1. The number of aromatic nitrogens is 3. The van der Waals surface area contributed by atoms with E-state index in [4.69, 9.17) is 0 Å². The van der Waals surface area contributed by atoms with Gasteiger partial charge in [-0.15, -0.1) is 5.10 Å². The fraction of sp³-hybridized carbons (Fsp3) is 0.214. The maximum absolute atomic E-state index is 12.8. The van der Waals surface area contributed by atoms with Gasteiger partial charge in [0.1, 0.15) is 5.82 Å². The number of Topliss-reactive ketones (excluding diaryl/α,β-unsaturated/α-hetero) is 1. The molecule has 4 aromatic rings. The molecule has 0 aliphatic heterocycles. The minimum absolute atomic E-state index is 0.0941. The fourth-order valence-electron chi connectivity index (χ4n) is 3.88. The molecule has 0 aliphatic carbocycles. The molecule has 0 amide bonds.